The minimum absolute atomic E-state index is 0.141. The summed E-state index contributed by atoms with van der Waals surface area (Å²) in [6.07, 6.45) is 14.6. The van der Waals surface area contributed by atoms with Crippen molar-refractivity contribution in [2.45, 2.75) is 95.8 Å². The maximum Gasteiger partial charge on any atom is 0.233 e. The van der Waals surface area contributed by atoms with Gasteiger partial charge in [-0.15, -0.1) is 0 Å². The zero-order chi connectivity index (χ0) is 40.1. The van der Waals surface area contributed by atoms with Crippen LogP contribution in [0, 0.1) is 13.8 Å². The lowest BCUT2D eigenvalue weighted by atomic mass is 9.76. The van der Waals surface area contributed by atoms with Crippen LogP contribution < -0.4 is 0 Å². The van der Waals surface area contributed by atoms with E-state index in [0.29, 0.717) is 28.9 Å². The molecule has 286 valence electrons. The molecule has 55 heavy (non-hydrogen) atoms. The summed E-state index contributed by atoms with van der Waals surface area (Å²) < 4.78 is 0. The van der Waals surface area contributed by atoms with Gasteiger partial charge in [-0.3, -0.25) is 19.4 Å². The van der Waals surface area contributed by atoms with Crippen LogP contribution in [0.3, 0.4) is 0 Å². The van der Waals surface area contributed by atoms with E-state index in [1.165, 1.54) is 54.4 Å². The average Bonchev–Trinajstić information content (AvgIpc) is 3.18. The van der Waals surface area contributed by atoms with E-state index >= 15 is 0 Å². The second-order valence-electron chi connectivity index (χ2n) is 14.2. The van der Waals surface area contributed by atoms with Crippen LogP contribution in [0.25, 0.3) is 38.0 Å². The Morgan fingerprint density at radius 3 is 1.53 bits per heavy atom. The quantitative estimate of drug-likeness (QED) is 0.0387. The van der Waals surface area contributed by atoms with Crippen LogP contribution in [0.4, 0.5) is 0 Å². The molecule has 0 radical (unpaired) electrons. The number of rotatable bonds is 5. The monoisotopic (exact) mass is 742 g/mol. The van der Waals surface area contributed by atoms with E-state index in [2.05, 4.69) is 12.1 Å². The van der Waals surface area contributed by atoms with Gasteiger partial charge >= 0.3 is 0 Å². The number of aryl methyl sites for hydroxylation is 2. The Balaban J connectivity index is 0.000000308. The first-order chi connectivity index (χ1) is 26.4. The minimum Gasteiger partial charge on any atom is -0.508 e. The number of Topliss-reactive ketones (excluding diaryl/α,β-unsaturated/α-hetero) is 1. The fourth-order valence-electron chi connectivity index (χ4n) is 8.03. The highest BCUT2D eigenvalue weighted by Gasteiger charge is 2.28. The Labute approximate surface area is 320 Å². The normalized spacial score (nSPS) is 15.2. The number of phenols is 4. The van der Waals surface area contributed by atoms with Crippen molar-refractivity contribution in [2.24, 2.45) is 0 Å². The standard InChI is InChI=1S/C33H40O4.C10H6O2.2N3/c1-20-15-30(35)27(22-9-5-3-6-10-22)18-25(20)33(24-13-14-29(34)32(37)17-24)26-19-28(31(36)16-21(26)2)23-11-7-4-8-12-23;11-9-6-5-7-3-1-2-4-8(7)10(9)12;2*1-3-2/h13-19,22-23,33-37H,3-12H2,1-2H3;1-6H;;/q;;2*-1. The van der Waals surface area contributed by atoms with Gasteiger partial charge in [0.1, 0.15) is 11.5 Å². The molecule has 7 rings (SSSR count). The maximum absolute atomic E-state index is 11.2. The Morgan fingerprint density at radius 1 is 0.582 bits per heavy atom. The molecule has 0 aliphatic heterocycles. The van der Waals surface area contributed by atoms with Crippen molar-refractivity contribution >= 4 is 17.6 Å². The summed E-state index contributed by atoms with van der Waals surface area (Å²) >= 11 is 0. The Bertz CT molecular complexity index is 2020. The van der Waals surface area contributed by atoms with Crippen LogP contribution in [0.2, 0.25) is 0 Å². The highest BCUT2D eigenvalue weighted by Crippen LogP contribution is 2.46. The fraction of sp³-hybridized carbons (Fsp3) is 0.349. The summed E-state index contributed by atoms with van der Waals surface area (Å²) in [7, 11) is 0. The van der Waals surface area contributed by atoms with Gasteiger partial charge in [0.15, 0.2) is 11.5 Å². The van der Waals surface area contributed by atoms with Crippen LogP contribution in [-0.4, -0.2) is 32.0 Å². The van der Waals surface area contributed by atoms with Gasteiger partial charge in [-0.1, -0.05) is 87.1 Å². The van der Waals surface area contributed by atoms with Crippen LogP contribution in [0.1, 0.15) is 137 Å². The van der Waals surface area contributed by atoms with E-state index in [0.717, 1.165) is 70.2 Å². The van der Waals surface area contributed by atoms with Crippen LogP contribution >= 0.6 is 0 Å². The number of nitrogens with zero attached hydrogens (tertiary/aromatic N) is 6. The Morgan fingerprint density at radius 2 is 1.05 bits per heavy atom. The van der Waals surface area contributed by atoms with Gasteiger partial charge in [-0.25, -0.2) is 0 Å². The zero-order valence-corrected chi connectivity index (χ0v) is 31.1. The first-order valence-electron chi connectivity index (χ1n) is 18.5. The number of fused-ring (bicyclic) bond motifs is 1. The molecule has 3 aliphatic carbocycles. The first kappa shape index (κ1) is 41.5. The first-order valence-corrected chi connectivity index (χ1v) is 18.5. The van der Waals surface area contributed by atoms with Gasteiger partial charge in [0.05, 0.1) is 0 Å². The molecule has 0 heterocycles. The molecule has 4 aromatic rings. The number of ketones is 2. The topological polar surface area (TPSA) is 232 Å². The van der Waals surface area contributed by atoms with Crippen molar-refractivity contribution in [1.29, 1.82) is 0 Å². The predicted molar refractivity (Wildman–Crippen MR) is 213 cm³/mol. The summed E-state index contributed by atoms with van der Waals surface area (Å²) in [5.41, 5.74) is 35.4. The van der Waals surface area contributed by atoms with E-state index in [1.54, 1.807) is 30.3 Å². The van der Waals surface area contributed by atoms with Crippen molar-refractivity contribution in [3.05, 3.63) is 155 Å². The Hall–Kier alpha value is -6.22. The molecule has 0 aromatic heterocycles. The second kappa shape index (κ2) is 19.7. The second-order valence-corrected chi connectivity index (χ2v) is 14.2. The summed E-state index contributed by atoms with van der Waals surface area (Å²) in [6, 6.07) is 20.3. The average molecular weight is 743 g/mol. The van der Waals surface area contributed by atoms with E-state index in [1.807, 2.05) is 44.2 Å². The number of benzene rings is 4. The van der Waals surface area contributed by atoms with Gasteiger partial charge in [0.25, 0.3) is 0 Å². The maximum atomic E-state index is 11.2. The summed E-state index contributed by atoms with van der Waals surface area (Å²) in [4.78, 5) is 25.1. The van der Waals surface area contributed by atoms with Crippen LogP contribution in [-0.2, 0) is 4.79 Å². The van der Waals surface area contributed by atoms with Crippen molar-refractivity contribution in [3.63, 3.8) is 0 Å². The van der Waals surface area contributed by atoms with Gasteiger partial charge in [0, 0.05) is 11.5 Å². The number of hydrogen-bond acceptors (Lipinski definition) is 6. The number of carbonyl (C=O) groups excluding carboxylic acids is 2. The predicted octanol–water partition coefficient (Wildman–Crippen LogP) is 11.6. The van der Waals surface area contributed by atoms with Gasteiger partial charge in [0.2, 0.25) is 11.6 Å². The van der Waals surface area contributed by atoms with E-state index < -0.39 is 11.6 Å². The molecule has 0 unspecified atom stereocenters. The smallest absolute Gasteiger partial charge is 0.233 e. The molecule has 12 heteroatoms. The van der Waals surface area contributed by atoms with Crippen LogP contribution in [0.5, 0.6) is 23.0 Å². The third-order valence-electron chi connectivity index (χ3n) is 10.7. The summed E-state index contributed by atoms with van der Waals surface area (Å²) in [5, 5.41) is 42.5. The molecule has 0 saturated heterocycles. The number of hydrogen-bond donors (Lipinski definition) is 4. The number of aromatic hydroxyl groups is 4. The van der Waals surface area contributed by atoms with Crippen molar-refractivity contribution in [2.75, 3.05) is 0 Å². The molecular weight excluding hydrogens is 697 g/mol. The summed E-state index contributed by atoms with van der Waals surface area (Å²) in [5.74, 6) is 0.0885. The number of allylic oxidation sites excluding steroid dienone is 1. The van der Waals surface area contributed by atoms with Crippen molar-refractivity contribution < 1.29 is 30.0 Å². The highest BCUT2D eigenvalue weighted by molar-refractivity contribution is 6.49. The summed E-state index contributed by atoms with van der Waals surface area (Å²) in [6.45, 7) is 4.07. The molecule has 2 fully saturated rings. The molecule has 4 aromatic carbocycles. The molecule has 4 N–H and O–H groups in total. The molecule has 0 amide bonds. The molecule has 2 saturated carbocycles. The van der Waals surface area contributed by atoms with Crippen LogP contribution in [0.15, 0.2) is 72.8 Å². The molecule has 0 atom stereocenters. The minimum atomic E-state index is -0.436. The van der Waals surface area contributed by atoms with Gasteiger partial charge < -0.3 is 42.6 Å². The zero-order valence-electron chi connectivity index (χ0n) is 31.1. The molecular formula is C43H46N6O6-2. The molecule has 0 spiro atoms. The Kier molecular flexibility index (Phi) is 14.9. The van der Waals surface area contributed by atoms with Gasteiger partial charge in [-0.2, -0.15) is 0 Å². The SMILES string of the molecule is Cc1cc(O)c(C2CCCCC2)cc1C(c1ccc(O)c(O)c1)c1cc(C2CCCCC2)c(O)cc1C.O=C1C=Cc2ccccc2C1=O.[N-]=[N+]=[N-].[N-]=[N+]=[N-]. The fourth-order valence-corrected chi connectivity index (χ4v) is 8.03. The van der Waals surface area contributed by atoms with E-state index in [4.69, 9.17) is 22.1 Å². The van der Waals surface area contributed by atoms with Crippen molar-refractivity contribution in [3.8, 4) is 23.0 Å². The third-order valence-corrected chi connectivity index (χ3v) is 10.7. The number of carbonyl (C=O) groups is 2. The molecule has 0 bridgehead atoms. The van der Waals surface area contributed by atoms with E-state index in [-0.39, 0.29) is 17.4 Å². The largest absolute Gasteiger partial charge is 0.508 e. The highest BCUT2D eigenvalue weighted by atomic mass is 16.3. The molecule has 3 aliphatic rings. The van der Waals surface area contributed by atoms with E-state index in [9.17, 15) is 30.0 Å². The van der Waals surface area contributed by atoms with Crippen molar-refractivity contribution in [1.82, 2.24) is 0 Å². The van der Waals surface area contributed by atoms with Gasteiger partial charge in [-0.05, 0) is 126 Å². The third kappa shape index (κ3) is 10.3. The lowest BCUT2D eigenvalue weighted by molar-refractivity contribution is -0.110. The number of phenolic OH excluding ortho intramolecular Hbond substituents is 4. The molecule has 12 nitrogen and oxygen atoms in total. The lowest BCUT2D eigenvalue weighted by Gasteiger charge is -2.29. The lowest BCUT2D eigenvalue weighted by Crippen LogP contribution is -2.15.